The standard InChI is InChI=1S/C11H10FN3O2S/c1-6-4-7(12)2-3-8(6)10-13-11(15-14-10)18-5-9(16)17/h2-4H,5H2,1H3,(H,16,17)(H,13,14,15). The number of H-pyrrole nitrogens is 1. The zero-order valence-electron chi connectivity index (χ0n) is 9.48. The van der Waals surface area contributed by atoms with Crippen molar-refractivity contribution in [1.82, 2.24) is 15.2 Å². The van der Waals surface area contributed by atoms with Gasteiger partial charge in [-0.3, -0.25) is 9.89 Å². The number of hydrogen-bond donors (Lipinski definition) is 2. The lowest BCUT2D eigenvalue weighted by Crippen LogP contribution is -1.97. The Balaban J connectivity index is 2.21. The Hall–Kier alpha value is -1.89. The molecule has 0 saturated heterocycles. The fraction of sp³-hybridized carbons (Fsp3) is 0.182. The highest BCUT2D eigenvalue weighted by molar-refractivity contribution is 7.99. The topological polar surface area (TPSA) is 78.9 Å². The molecule has 0 amide bonds. The highest BCUT2D eigenvalue weighted by Crippen LogP contribution is 2.22. The second-order valence-electron chi connectivity index (χ2n) is 3.61. The van der Waals surface area contributed by atoms with Gasteiger partial charge < -0.3 is 5.11 Å². The number of rotatable bonds is 4. The van der Waals surface area contributed by atoms with Crippen LogP contribution in [0.15, 0.2) is 23.4 Å². The third-order valence-corrected chi connectivity index (χ3v) is 3.07. The van der Waals surface area contributed by atoms with E-state index in [9.17, 15) is 9.18 Å². The fourth-order valence-corrected chi connectivity index (χ4v) is 1.97. The van der Waals surface area contributed by atoms with Gasteiger partial charge in [-0.25, -0.2) is 9.37 Å². The molecule has 0 aliphatic rings. The van der Waals surface area contributed by atoms with Gasteiger partial charge in [0.1, 0.15) is 5.82 Å². The first-order valence-electron chi connectivity index (χ1n) is 5.10. The molecule has 0 aliphatic carbocycles. The van der Waals surface area contributed by atoms with Crippen LogP contribution in [0.3, 0.4) is 0 Å². The molecule has 1 aromatic carbocycles. The fourth-order valence-electron chi connectivity index (χ4n) is 1.45. The Morgan fingerprint density at radius 1 is 1.56 bits per heavy atom. The lowest BCUT2D eigenvalue weighted by Gasteiger charge is -2.00. The number of thioether (sulfide) groups is 1. The zero-order chi connectivity index (χ0) is 13.1. The summed E-state index contributed by atoms with van der Waals surface area (Å²) < 4.78 is 13.0. The van der Waals surface area contributed by atoms with Gasteiger partial charge in [0.2, 0.25) is 5.16 Å². The molecule has 5 nitrogen and oxygen atoms in total. The number of benzene rings is 1. The molecule has 1 aromatic heterocycles. The van der Waals surface area contributed by atoms with E-state index in [2.05, 4.69) is 15.2 Å². The molecule has 0 bridgehead atoms. The Kier molecular flexibility index (Phi) is 3.61. The van der Waals surface area contributed by atoms with E-state index in [1.54, 1.807) is 13.0 Å². The molecule has 2 aromatic rings. The van der Waals surface area contributed by atoms with Gasteiger partial charge in [-0.1, -0.05) is 11.8 Å². The molecule has 0 unspecified atom stereocenters. The molecule has 2 rings (SSSR count). The van der Waals surface area contributed by atoms with Crippen molar-refractivity contribution in [3.63, 3.8) is 0 Å². The number of aliphatic carboxylic acids is 1. The van der Waals surface area contributed by atoms with Gasteiger partial charge in [0.05, 0.1) is 5.75 Å². The predicted molar refractivity (Wildman–Crippen MR) is 64.9 cm³/mol. The molecular weight excluding hydrogens is 257 g/mol. The number of nitrogens with zero attached hydrogens (tertiary/aromatic N) is 2. The maximum atomic E-state index is 13.0. The van der Waals surface area contributed by atoms with Crippen molar-refractivity contribution in [2.75, 3.05) is 5.75 Å². The lowest BCUT2D eigenvalue weighted by atomic mass is 10.1. The number of carboxylic acids is 1. The number of carboxylic acid groups (broad SMARTS) is 1. The summed E-state index contributed by atoms with van der Waals surface area (Å²) >= 11 is 1.03. The normalized spacial score (nSPS) is 10.6. The second-order valence-corrected chi connectivity index (χ2v) is 4.55. The molecule has 94 valence electrons. The van der Waals surface area contributed by atoms with Crippen molar-refractivity contribution in [2.24, 2.45) is 0 Å². The van der Waals surface area contributed by atoms with Gasteiger partial charge in [-0.2, -0.15) is 0 Å². The summed E-state index contributed by atoms with van der Waals surface area (Å²) in [4.78, 5) is 14.6. The average Bonchev–Trinajstić information content (AvgIpc) is 2.75. The number of aromatic nitrogens is 3. The number of aryl methyl sites for hydroxylation is 1. The zero-order valence-corrected chi connectivity index (χ0v) is 10.3. The first-order chi connectivity index (χ1) is 8.56. The van der Waals surface area contributed by atoms with Crippen LogP contribution in [-0.2, 0) is 4.79 Å². The molecule has 0 saturated carbocycles. The van der Waals surface area contributed by atoms with Crippen LogP contribution < -0.4 is 0 Å². The third kappa shape index (κ3) is 2.86. The molecule has 0 aliphatic heterocycles. The number of hydrogen-bond acceptors (Lipinski definition) is 4. The molecule has 7 heteroatoms. The number of halogens is 1. The Bertz CT molecular complexity index is 585. The molecule has 0 spiro atoms. The molecule has 0 fully saturated rings. The number of nitrogens with one attached hydrogen (secondary N) is 1. The van der Waals surface area contributed by atoms with Crippen LogP contribution in [0.25, 0.3) is 11.4 Å². The minimum atomic E-state index is -0.927. The van der Waals surface area contributed by atoms with Crippen LogP contribution in [0, 0.1) is 12.7 Å². The van der Waals surface area contributed by atoms with E-state index in [-0.39, 0.29) is 11.6 Å². The number of aromatic amines is 1. The summed E-state index contributed by atoms with van der Waals surface area (Å²) in [6.45, 7) is 1.77. The van der Waals surface area contributed by atoms with E-state index in [1.165, 1.54) is 12.1 Å². The smallest absolute Gasteiger partial charge is 0.313 e. The maximum Gasteiger partial charge on any atom is 0.313 e. The summed E-state index contributed by atoms with van der Waals surface area (Å²) in [5.41, 5.74) is 1.48. The van der Waals surface area contributed by atoms with E-state index < -0.39 is 5.97 Å². The van der Waals surface area contributed by atoms with Crippen LogP contribution in [0.5, 0.6) is 0 Å². The summed E-state index contributed by atoms with van der Waals surface area (Å²) in [5.74, 6) is -0.833. The quantitative estimate of drug-likeness (QED) is 0.829. The third-order valence-electron chi connectivity index (χ3n) is 2.23. The van der Waals surface area contributed by atoms with Crippen molar-refractivity contribution in [3.05, 3.63) is 29.6 Å². The second kappa shape index (κ2) is 5.18. The number of carbonyl (C=O) groups is 1. The van der Waals surface area contributed by atoms with Crippen molar-refractivity contribution < 1.29 is 14.3 Å². The van der Waals surface area contributed by atoms with Crippen molar-refractivity contribution in [2.45, 2.75) is 12.1 Å². The molecule has 1 heterocycles. The first kappa shape index (κ1) is 12.6. The van der Waals surface area contributed by atoms with Gasteiger partial charge in [0.15, 0.2) is 5.82 Å². The van der Waals surface area contributed by atoms with E-state index >= 15 is 0 Å². The van der Waals surface area contributed by atoms with E-state index in [0.29, 0.717) is 11.0 Å². The first-order valence-corrected chi connectivity index (χ1v) is 6.08. The summed E-state index contributed by atoms with van der Waals surface area (Å²) in [6, 6.07) is 4.35. The largest absolute Gasteiger partial charge is 0.481 e. The predicted octanol–water partition coefficient (Wildman–Crippen LogP) is 2.10. The van der Waals surface area contributed by atoms with E-state index in [1.807, 2.05) is 0 Å². The summed E-state index contributed by atoms with van der Waals surface area (Å²) in [5, 5.41) is 15.5. The van der Waals surface area contributed by atoms with E-state index in [4.69, 9.17) is 5.11 Å². The highest BCUT2D eigenvalue weighted by atomic mass is 32.2. The monoisotopic (exact) mass is 267 g/mol. The molecule has 18 heavy (non-hydrogen) atoms. The Morgan fingerprint density at radius 3 is 3.00 bits per heavy atom. The van der Waals surface area contributed by atoms with Crippen molar-refractivity contribution in [3.8, 4) is 11.4 Å². The van der Waals surface area contributed by atoms with Gasteiger partial charge in [0.25, 0.3) is 0 Å². The summed E-state index contributed by atoms with van der Waals surface area (Å²) in [6.07, 6.45) is 0. The maximum absolute atomic E-state index is 13.0. The Morgan fingerprint density at radius 2 is 2.33 bits per heavy atom. The van der Waals surface area contributed by atoms with Crippen LogP contribution in [0.1, 0.15) is 5.56 Å². The SMILES string of the molecule is Cc1cc(F)ccc1-c1nc(SCC(=O)O)n[nH]1. The van der Waals surface area contributed by atoms with Crippen molar-refractivity contribution >= 4 is 17.7 Å². The van der Waals surface area contributed by atoms with Gasteiger partial charge in [0, 0.05) is 5.56 Å². The molecule has 0 radical (unpaired) electrons. The lowest BCUT2D eigenvalue weighted by molar-refractivity contribution is -0.133. The minimum Gasteiger partial charge on any atom is -0.481 e. The summed E-state index contributed by atoms with van der Waals surface area (Å²) in [7, 11) is 0. The molecular formula is C11H10FN3O2S. The van der Waals surface area contributed by atoms with Crippen LogP contribution in [0.4, 0.5) is 4.39 Å². The van der Waals surface area contributed by atoms with Gasteiger partial charge in [-0.15, -0.1) is 5.10 Å². The van der Waals surface area contributed by atoms with Crippen LogP contribution >= 0.6 is 11.8 Å². The highest BCUT2D eigenvalue weighted by Gasteiger charge is 2.10. The van der Waals surface area contributed by atoms with Crippen LogP contribution in [0.2, 0.25) is 0 Å². The average molecular weight is 267 g/mol. The van der Waals surface area contributed by atoms with E-state index in [0.717, 1.165) is 22.9 Å². The Labute approximate surface area is 106 Å². The van der Waals surface area contributed by atoms with Gasteiger partial charge in [-0.05, 0) is 30.7 Å². The van der Waals surface area contributed by atoms with Gasteiger partial charge >= 0.3 is 5.97 Å². The van der Waals surface area contributed by atoms with Crippen LogP contribution in [-0.4, -0.2) is 32.0 Å². The molecule has 2 N–H and O–H groups in total. The minimum absolute atomic E-state index is 0.0975. The van der Waals surface area contributed by atoms with Crippen molar-refractivity contribution in [1.29, 1.82) is 0 Å². The molecule has 0 atom stereocenters.